The maximum Gasteiger partial charge on any atom is 0.0599 e. The molecule has 0 aliphatic heterocycles. The van der Waals surface area contributed by atoms with Crippen molar-refractivity contribution < 1.29 is 0 Å². The summed E-state index contributed by atoms with van der Waals surface area (Å²) >= 11 is 0. The molecule has 2 saturated carbocycles. The molecule has 0 saturated heterocycles. The van der Waals surface area contributed by atoms with Crippen LogP contribution in [0.25, 0.3) is 0 Å². The molecule has 2 heteroatoms. The van der Waals surface area contributed by atoms with E-state index in [1.54, 1.807) is 0 Å². The van der Waals surface area contributed by atoms with E-state index >= 15 is 0 Å². The molecule has 2 N–H and O–H groups in total. The van der Waals surface area contributed by atoms with Gasteiger partial charge in [-0.05, 0) is 44.4 Å². The van der Waals surface area contributed by atoms with Crippen molar-refractivity contribution in [2.75, 3.05) is 19.6 Å². The van der Waals surface area contributed by atoms with Gasteiger partial charge in [-0.2, -0.15) is 0 Å². The van der Waals surface area contributed by atoms with Crippen LogP contribution in [-0.4, -0.2) is 30.1 Å². The van der Waals surface area contributed by atoms with Crippen LogP contribution >= 0.6 is 0 Å². The highest BCUT2D eigenvalue weighted by Crippen LogP contribution is 2.39. The zero-order valence-corrected chi connectivity index (χ0v) is 9.71. The van der Waals surface area contributed by atoms with E-state index in [1.807, 2.05) is 0 Å². The third-order valence-corrected chi connectivity index (χ3v) is 3.60. The fourth-order valence-electron chi connectivity index (χ4n) is 2.33. The molecule has 0 radical (unpaired) electrons. The summed E-state index contributed by atoms with van der Waals surface area (Å²) in [6, 6.07) is 0. The average Bonchev–Trinajstić information content (AvgIpc) is 3.00. The van der Waals surface area contributed by atoms with Gasteiger partial charge in [-0.15, -0.1) is 6.42 Å². The van der Waals surface area contributed by atoms with Crippen LogP contribution < -0.4 is 5.73 Å². The Bertz CT molecular complexity index is 256. The minimum Gasteiger partial charge on any atom is -0.324 e. The molecule has 1 unspecified atom stereocenters. The number of rotatable bonds is 6. The van der Waals surface area contributed by atoms with E-state index < -0.39 is 0 Å². The summed E-state index contributed by atoms with van der Waals surface area (Å²) in [6.07, 6.45) is 10.8. The maximum absolute atomic E-state index is 6.34. The van der Waals surface area contributed by atoms with Gasteiger partial charge >= 0.3 is 0 Å². The van der Waals surface area contributed by atoms with E-state index in [-0.39, 0.29) is 5.54 Å². The molecule has 1 atom stereocenters. The van der Waals surface area contributed by atoms with Crippen LogP contribution in [0.4, 0.5) is 0 Å². The lowest BCUT2D eigenvalue weighted by Gasteiger charge is -2.31. The molecule has 0 amide bonds. The summed E-state index contributed by atoms with van der Waals surface area (Å²) in [5, 5.41) is 0. The summed E-state index contributed by atoms with van der Waals surface area (Å²) in [6.45, 7) is 5.07. The largest absolute Gasteiger partial charge is 0.324 e. The van der Waals surface area contributed by atoms with Crippen molar-refractivity contribution in [3.8, 4) is 12.3 Å². The zero-order valence-electron chi connectivity index (χ0n) is 9.71. The Hall–Kier alpha value is -0.520. The lowest BCUT2D eigenvalue weighted by atomic mass is 9.96. The molecule has 2 nitrogen and oxygen atoms in total. The normalized spacial score (nSPS) is 24.9. The number of nitrogens with zero attached hydrogens (tertiary/aromatic N) is 1. The van der Waals surface area contributed by atoms with Crippen molar-refractivity contribution in [3.63, 3.8) is 0 Å². The van der Waals surface area contributed by atoms with E-state index in [1.165, 1.54) is 25.7 Å². The second kappa shape index (κ2) is 4.15. The van der Waals surface area contributed by atoms with Crippen molar-refractivity contribution >= 4 is 0 Å². The Kier molecular flexibility index (Phi) is 3.04. The Morgan fingerprint density at radius 2 is 2.07 bits per heavy atom. The standard InChI is InChI=1S/C13H22N2/c1-3-8-15(9-11-4-5-11)10-13(2,14)12-6-7-12/h1,11-12H,4-10,14H2,2H3. The summed E-state index contributed by atoms with van der Waals surface area (Å²) in [4.78, 5) is 2.37. The predicted octanol–water partition coefficient (Wildman–Crippen LogP) is 1.46. The second-order valence-electron chi connectivity index (χ2n) is 5.60. The van der Waals surface area contributed by atoms with Crippen molar-refractivity contribution in [3.05, 3.63) is 0 Å². The number of nitrogens with two attached hydrogens (primary N) is 1. The van der Waals surface area contributed by atoms with Gasteiger partial charge in [0.2, 0.25) is 0 Å². The third-order valence-electron chi connectivity index (χ3n) is 3.60. The average molecular weight is 206 g/mol. The topological polar surface area (TPSA) is 29.3 Å². The SMILES string of the molecule is C#CCN(CC1CC1)CC(C)(N)C1CC1. The van der Waals surface area contributed by atoms with Gasteiger partial charge in [-0.3, -0.25) is 4.90 Å². The van der Waals surface area contributed by atoms with Gasteiger partial charge in [0.1, 0.15) is 0 Å². The Morgan fingerprint density at radius 1 is 1.40 bits per heavy atom. The van der Waals surface area contributed by atoms with Crippen LogP contribution in [0.2, 0.25) is 0 Å². The molecule has 0 spiro atoms. The van der Waals surface area contributed by atoms with Gasteiger partial charge in [-0.1, -0.05) is 5.92 Å². The van der Waals surface area contributed by atoms with Gasteiger partial charge in [0.05, 0.1) is 6.54 Å². The molecule has 0 aromatic heterocycles. The number of hydrogen-bond acceptors (Lipinski definition) is 2. The fraction of sp³-hybridized carbons (Fsp3) is 0.846. The fourth-order valence-corrected chi connectivity index (χ4v) is 2.33. The summed E-state index contributed by atoms with van der Waals surface area (Å²) < 4.78 is 0. The van der Waals surface area contributed by atoms with E-state index in [4.69, 9.17) is 12.2 Å². The third kappa shape index (κ3) is 3.22. The minimum absolute atomic E-state index is 0.0221. The van der Waals surface area contributed by atoms with Gasteiger partial charge < -0.3 is 5.73 Å². The van der Waals surface area contributed by atoms with Crippen molar-refractivity contribution in [1.82, 2.24) is 4.90 Å². The molecule has 2 aliphatic carbocycles. The Morgan fingerprint density at radius 3 is 2.53 bits per heavy atom. The highest BCUT2D eigenvalue weighted by Gasteiger charge is 2.39. The molecule has 84 valence electrons. The molecule has 0 aromatic carbocycles. The Balaban J connectivity index is 1.83. The van der Waals surface area contributed by atoms with E-state index in [0.29, 0.717) is 0 Å². The monoisotopic (exact) mass is 206 g/mol. The van der Waals surface area contributed by atoms with Gasteiger partial charge in [0.25, 0.3) is 0 Å². The highest BCUT2D eigenvalue weighted by molar-refractivity contribution is 5.00. The predicted molar refractivity (Wildman–Crippen MR) is 63.3 cm³/mol. The molecule has 2 fully saturated rings. The first-order valence-corrected chi connectivity index (χ1v) is 6.06. The van der Waals surface area contributed by atoms with Crippen LogP contribution in [0, 0.1) is 24.2 Å². The molecular formula is C13H22N2. The summed E-state index contributed by atoms with van der Waals surface area (Å²) in [5.74, 6) is 4.38. The molecule has 2 aliphatic rings. The van der Waals surface area contributed by atoms with E-state index in [2.05, 4.69) is 17.7 Å². The quantitative estimate of drug-likeness (QED) is 0.667. The van der Waals surface area contributed by atoms with E-state index in [9.17, 15) is 0 Å². The van der Waals surface area contributed by atoms with Crippen molar-refractivity contribution in [1.29, 1.82) is 0 Å². The lowest BCUT2D eigenvalue weighted by Crippen LogP contribution is -2.50. The number of terminal acetylenes is 1. The minimum atomic E-state index is -0.0221. The molecule has 15 heavy (non-hydrogen) atoms. The van der Waals surface area contributed by atoms with Crippen molar-refractivity contribution in [2.24, 2.45) is 17.6 Å². The summed E-state index contributed by atoms with van der Waals surface area (Å²) in [5.41, 5.74) is 6.32. The number of hydrogen-bond donors (Lipinski definition) is 1. The molecule has 0 bridgehead atoms. The molecule has 0 aromatic rings. The lowest BCUT2D eigenvalue weighted by molar-refractivity contribution is 0.215. The highest BCUT2D eigenvalue weighted by atomic mass is 15.1. The first kappa shape index (κ1) is 11.0. The first-order valence-electron chi connectivity index (χ1n) is 6.06. The van der Waals surface area contributed by atoms with Crippen LogP contribution in [-0.2, 0) is 0 Å². The van der Waals surface area contributed by atoms with E-state index in [0.717, 1.165) is 31.5 Å². The van der Waals surface area contributed by atoms with Crippen LogP contribution in [0.1, 0.15) is 32.6 Å². The van der Waals surface area contributed by atoms with Crippen molar-refractivity contribution in [2.45, 2.75) is 38.1 Å². The van der Waals surface area contributed by atoms with Crippen LogP contribution in [0.5, 0.6) is 0 Å². The van der Waals surface area contributed by atoms with Gasteiger partial charge in [0.15, 0.2) is 0 Å². The molecular weight excluding hydrogens is 184 g/mol. The van der Waals surface area contributed by atoms with Crippen LogP contribution in [0.3, 0.4) is 0 Å². The van der Waals surface area contributed by atoms with Gasteiger partial charge in [-0.25, -0.2) is 0 Å². The molecule has 2 rings (SSSR count). The Labute approximate surface area is 93.2 Å². The van der Waals surface area contributed by atoms with Gasteiger partial charge in [0, 0.05) is 18.6 Å². The zero-order chi connectivity index (χ0) is 10.9. The second-order valence-corrected chi connectivity index (χ2v) is 5.60. The smallest absolute Gasteiger partial charge is 0.0599 e. The summed E-state index contributed by atoms with van der Waals surface area (Å²) in [7, 11) is 0. The van der Waals surface area contributed by atoms with Crippen LogP contribution in [0.15, 0.2) is 0 Å². The first-order chi connectivity index (χ1) is 7.12. The molecule has 0 heterocycles. The maximum atomic E-state index is 6.34.